The summed E-state index contributed by atoms with van der Waals surface area (Å²) in [6.07, 6.45) is 3.27. The molecule has 142 valence electrons. The first-order chi connectivity index (χ1) is 13.7. The fourth-order valence-corrected chi connectivity index (χ4v) is 2.60. The largest absolute Gasteiger partial charge is 0.352 e. The summed E-state index contributed by atoms with van der Waals surface area (Å²) in [5, 5.41) is 8.67. The Hall–Kier alpha value is -3.74. The first-order valence-electron chi connectivity index (χ1n) is 8.93. The highest BCUT2D eigenvalue weighted by Crippen LogP contribution is 2.14. The third-order valence-electron chi connectivity index (χ3n) is 3.98. The van der Waals surface area contributed by atoms with E-state index in [2.05, 4.69) is 25.9 Å². The summed E-state index contributed by atoms with van der Waals surface area (Å²) in [7, 11) is 0. The number of nitrogens with zero attached hydrogens (tertiary/aromatic N) is 2. The van der Waals surface area contributed by atoms with E-state index in [1.165, 1.54) is 0 Å². The van der Waals surface area contributed by atoms with Crippen LogP contribution in [0.15, 0.2) is 79.1 Å². The Kier molecular flexibility index (Phi) is 6.67. The van der Waals surface area contributed by atoms with Crippen molar-refractivity contribution in [1.82, 2.24) is 20.6 Å². The summed E-state index contributed by atoms with van der Waals surface area (Å²) in [6, 6.07) is 18.9. The minimum Gasteiger partial charge on any atom is -0.352 e. The number of hydrogen-bond donors (Lipinski definition) is 3. The van der Waals surface area contributed by atoms with Crippen LogP contribution in [0.1, 0.15) is 22.0 Å². The van der Waals surface area contributed by atoms with Crippen molar-refractivity contribution < 1.29 is 9.59 Å². The average Bonchev–Trinajstić information content (AvgIpc) is 2.76. The zero-order chi connectivity index (χ0) is 19.6. The van der Waals surface area contributed by atoms with E-state index in [9.17, 15) is 9.59 Å². The van der Waals surface area contributed by atoms with Crippen molar-refractivity contribution in [2.24, 2.45) is 0 Å². The number of rotatable bonds is 8. The van der Waals surface area contributed by atoms with Gasteiger partial charge in [0.15, 0.2) is 0 Å². The van der Waals surface area contributed by atoms with Crippen LogP contribution in [0.4, 0.5) is 5.95 Å². The maximum Gasteiger partial charge on any atom is 0.252 e. The Bertz CT molecular complexity index is 888. The number of amides is 2. The fourth-order valence-electron chi connectivity index (χ4n) is 2.60. The highest BCUT2D eigenvalue weighted by molar-refractivity contribution is 5.97. The van der Waals surface area contributed by atoms with Crippen molar-refractivity contribution in [1.29, 1.82) is 0 Å². The molecule has 3 aromatic rings. The summed E-state index contributed by atoms with van der Waals surface area (Å²) in [5.41, 5.74) is 1.21. The third-order valence-corrected chi connectivity index (χ3v) is 3.98. The predicted octanol–water partition coefficient (Wildman–Crippen LogP) is 2.18. The van der Waals surface area contributed by atoms with E-state index in [0.717, 1.165) is 0 Å². The van der Waals surface area contributed by atoms with E-state index in [1.807, 2.05) is 36.4 Å². The zero-order valence-corrected chi connectivity index (χ0v) is 15.2. The highest BCUT2D eigenvalue weighted by Gasteiger charge is 2.22. The van der Waals surface area contributed by atoms with E-state index in [4.69, 9.17) is 0 Å². The SMILES string of the molecule is O=C(NC(C(=O)NCCNc1ncccn1)c1ccccc1)c1ccccc1. The van der Waals surface area contributed by atoms with Gasteiger partial charge in [-0.15, -0.1) is 0 Å². The van der Waals surface area contributed by atoms with Gasteiger partial charge in [0.2, 0.25) is 11.9 Å². The van der Waals surface area contributed by atoms with E-state index in [-0.39, 0.29) is 11.8 Å². The number of carbonyl (C=O) groups excluding carboxylic acids is 2. The van der Waals surface area contributed by atoms with Crippen molar-refractivity contribution in [3.63, 3.8) is 0 Å². The zero-order valence-electron chi connectivity index (χ0n) is 15.2. The Balaban J connectivity index is 1.61. The highest BCUT2D eigenvalue weighted by atomic mass is 16.2. The quantitative estimate of drug-likeness (QED) is 0.525. The number of anilines is 1. The average molecular weight is 375 g/mol. The lowest BCUT2D eigenvalue weighted by molar-refractivity contribution is -0.123. The van der Waals surface area contributed by atoms with Gasteiger partial charge in [-0.2, -0.15) is 0 Å². The summed E-state index contributed by atoms with van der Waals surface area (Å²) in [4.78, 5) is 33.4. The van der Waals surface area contributed by atoms with E-state index < -0.39 is 6.04 Å². The van der Waals surface area contributed by atoms with Crippen LogP contribution >= 0.6 is 0 Å². The van der Waals surface area contributed by atoms with Crippen LogP contribution in [0.5, 0.6) is 0 Å². The molecule has 0 fully saturated rings. The van der Waals surface area contributed by atoms with Gasteiger partial charge in [-0.05, 0) is 23.8 Å². The van der Waals surface area contributed by atoms with Gasteiger partial charge in [-0.1, -0.05) is 48.5 Å². The molecule has 3 N–H and O–H groups in total. The minimum atomic E-state index is -0.790. The lowest BCUT2D eigenvalue weighted by Crippen LogP contribution is -2.41. The van der Waals surface area contributed by atoms with E-state index in [1.54, 1.807) is 42.7 Å². The maximum atomic E-state index is 12.7. The van der Waals surface area contributed by atoms with Crippen molar-refractivity contribution >= 4 is 17.8 Å². The van der Waals surface area contributed by atoms with Crippen molar-refractivity contribution in [2.75, 3.05) is 18.4 Å². The maximum absolute atomic E-state index is 12.7. The first-order valence-corrected chi connectivity index (χ1v) is 8.93. The molecule has 0 spiro atoms. The Morgan fingerprint density at radius 1 is 0.821 bits per heavy atom. The van der Waals surface area contributed by atoms with Gasteiger partial charge in [0.25, 0.3) is 5.91 Å². The topological polar surface area (TPSA) is 96.0 Å². The molecular formula is C21H21N5O2. The molecule has 0 aliphatic rings. The van der Waals surface area contributed by atoms with Crippen LogP contribution in [0, 0.1) is 0 Å². The lowest BCUT2D eigenvalue weighted by Gasteiger charge is -2.19. The molecule has 1 heterocycles. The van der Waals surface area contributed by atoms with Crippen molar-refractivity contribution in [3.05, 3.63) is 90.3 Å². The molecule has 28 heavy (non-hydrogen) atoms. The molecule has 1 aromatic heterocycles. The van der Waals surface area contributed by atoms with Crippen LogP contribution in [-0.4, -0.2) is 34.9 Å². The monoisotopic (exact) mass is 375 g/mol. The predicted molar refractivity (Wildman–Crippen MR) is 107 cm³/mol. The molecule has 0 saturated carbocycles. The number of benzene rings is 2. The van der Waals surface area contributed by atoms with Crippen molar-refractivity contribution in [3.8, 4) is 0 Å². The smallest absolute Gasteiger partial charge is 0.252 e. The van der Waals surface area contributed by atoms with Gasteiger partial charge in [-0.3, -0.25) is 9.59 Å². The molecule has 1 unspecified atom stereocenters. The van der Waals surface area contributed by atoms with E-state index in [0.29, 0.717) is 30.2 Å². The Labute approximate surface area is 163 Å². The molecule has 7 nitrogen and oxygen atoms in total. The lowest BCUT2D eigenvalue weighted by atomic mass is 10.1. The normalized spacial score (nSPS) is 11.3. The van der Waals surface area contributed by atoms with Crippen LogP contribution < -0.4 is 16.0 Å². The molecule has 7 heteroatoms. The number of hydrogen-bond acceptors (Lipinski definition) is 5. The number of nitrogens with one attached hydrogen (secondary N) is 3. The van der Waals surface area contributed by atoms with Crippen molar-refractivity contribution in [2.45, 2.75) is 6.04 Å². The van der Waals surface area contributed by atoms with E-state index >= 15 is 0 Å². The Morgan fingerprint density at radius 3 is 2.14 bits per heavy atom. The number of carbonyl (C=O) groups is 2. The van der Waals surface area contributed by atoms with Gasteiger partial charge in [0.1, 0.15) is 6.04 Å². The van der Waals surface area contributed by atoms with Gasteiger partial charge in [-0.25, -0.2) is 9.97 Å². The third kappa shape index (κ3) is 5.38. The summed E-state index contributed by atoms with van der Waals surface area (Å²) in [5.74, 6) is -0.0968. The molecule has 0 aliphatic heterocycles. The molecule has 2 amide bonds. The van der Waals surface area contributed by atoms with Gasteiger partial charge >= 0.3 is 0 Å². The van der Waals surface area contributed by atoms with Crippen LogP contribution in [0.2, 0.25) is 0 Å². The first kappa shape index (κ1) is 19.0. The molecule has 0 radical (unpaired) electrons. The van der Waals surface area contributed by atoms with Crippen LogP contribution in [0.3, 0.4) is 0 Å². The van der Waals surface area contributed by atoms with Gasteiger partial charge < -0.3 is 16.0 Å². The molecule has 2 aromatic carbocycles. The number of aromatic nitrogens is 2. The molecule has 1 atom stereocenters. The molecule has 0 bridgehead atoms. The molecule has 0 saturated heterocycles. The standard InChI is InChI=1S/C21H21N5O2/c27-19(17-10-5-2-6-11-17)26-18(16-8-3-1-4-9-16)20(28)22-14-15-25-21-23-12-7-13-24-21/h1-13,18H,14-15H2,(H,22,28)(H,26,27)(H,23,24,25). The molecule has 3 rings (SSSR count). The summed E-state index contributed by atoms with van der Waals surface area (Å²) in [6.45, 7) is 0.825. The second-order valence-corrected chi connectivity index (χ2v) is 5.97. The van der Waals surface area contributed by atoms with Crippen LogP contribution in [0.25, 0.3) is 0 Å². The summed E-state index contributed by atoms with van der Waals surface area (Å²) >= 11 is 0. The minimum absolute atomic E-state index is 0.286. The fraction of sp³-hybridized carbons (Fsp3) is 0.143. The second kappa shape index (κ2) is 9.82. The van der Waals surface area contributed by atoms with Gasteiger partial charge in [0, 0.05) is 31.0 Å². The molecule has 0 aliphatic carbocycles. The Morgan fingerprint density at radius 2 is 1.46 bits per heavy atom. The summed E-state index contributed by atoms with van der Waals surface area (Å²) < 4.78 is 0. The second-order valence-electron chi connectivity index (χ2n) is 5.97. The van der Waals surface area contributed by atoms with Crippen LogP contribution in [-0.2, 0) is 4.79 Å². The molecular weight excluding hydrogens is 354 g/mol. The van der Waals surface area contributed by atoms with Gasteiger partial charge in [0.05, 0.1) is 0 Å².